The van der Waals surface area contributed by atoms with Crippen molar-refractivity contribution < 1.29 is 33.0 Å². The van der Waals surface area contributed by atoms with Gasteiger partial charge in [0.1, 0.15) is 0 Å². The van der Waals surface area contributed by atoms with Crippen LogP contribution < -0.4 is 4.72 Å². The minimum absolute atomic E-state index is 0.157. The predicted molar refractivity (Wildman–Crippen MR) is 56.7 cm³/mol. The first-order chi connectivity index (χ1) is 7.78. The fourth-order valence-corrected chi connectivity index (χ4v) is 1.81. The van der Waals surface area contributed by atoms with Crippen LogP contribution in [0.3, 0.4) is 0 Å². The van der Waals surface area contributed by atoms with Crippen LogP contribution in [0.2, 0.25) is 0 Å². The Balaban J connectivity index is 4.05. The molecule has 0 radical (unpaired) electrons. The van der Waals surface area contributed by atoms with E-state index in [1.807, 2.05) is 4.72 Å². The van der Waals surface area contributed by atoms with Crippen LogP contribution in [0, 0.1) is 0 Å². The summed E-state index contributed by atoms with van der Waals surface area (Å²) in [7, 11) is -3.80. The second kappa shape index (κ2) is 7.20. The van der Waals surface area contributed by atoms with Crippen LogP contribution in [0.15, 0.2) is 0 Å². The lowest BCUT2D eigenvalue weighted by atomic mass is 10.4. The summed E-state index contributed by atoms with van der Waals surface area (Å²) in [6.45, 7) is 1.11. The first-order valence-electron chi connectivity index (χ1n) is 4.82. The number of carboxylic acids is 1. The van der Waals surface area contributed by atoms with E-state index in [0.717, 1.165) is 0 Å². The number of nitrogens with one attached hydrogen (secondary N) is 1. The Morgan fingerprint density at radius 2 is 2.00 bits per heavy atom. The number of aliphatic hydroxyl groups is 1. The first-order valence-corrected chi connectivity index (χ1v) is 6.47. The summed E-state index contributed by atoms with van der Waals surface area (Å²) in [5, 5.41) is 17.1. The van der Waals surface area contributed by atoms with Crippen molar-refractivity contribution in [2.24, 2.45) is 0 Å². The number of hydrogen-bond acceptors (Lipinski definition) is 6. The fraction of sp³-hybridized carbons (Fsp3) is 0.750. The van der Waals surface area contributed by atoms with E-state index in [-0.39, 0.29) is 13.0 Å². The summed E-state index contributed by atoms with van der Waals surface area (Å²) in [5.74, 6) is -2.70. The standard InChI is InChI=1S/C8H15NO7S/c1-2-16-7(11)3-4-17(14,15)9-5-6(10)8(12)13/h6,9-10H,2-5H2,1H3,(H,12,13). The molecule has 3 N–H and O–H groups in total. The van der Waals surface area contributed by atoms with Gasteiger partial charge >= 0.3 is 11.9 Å². The highest BCUT2D eigenvalue weighted by Crippen LogP contribution is 1.93. The number of aliphatic hydroxyl groups excluding tert-OH is 1. The molecule has 0 bridgehead atoms. The number of rotatable bonds is 8. The van der Waals surface area contributed by atoms with Crippen LogP contribution >= 0.6 is 0 Å². The summed E-state index contributed by atoms with van der Waals surface area (Å²) < 4.78 is 28.9. The molecule has 1 atom stereocenters. The molecule has 0 spiro atoms. The summed E-state index contributed by atoms with van der Waals surface area (Å²) >= 11 is 0. The molecule has 100 valence electrons. The quantitative estimate of drug-likeness (QED) is 0.448. The van der Waals surface area contributed by atoms with E-state index in [1.165, 1.54) is 0 Å². The molecule has 0 aromatic carbocycles. The zero-order valence-corrected chi connectivity index (χ0v) is 10.1. The lowest BCUT2D eigenvalue weighted by Gasteiger charge is -2.08. The highest BCUT2D eigenvalue weighted by atomic mass is 32.2. The molecule has 1 unspecified atom stereocenters. The Morgan fingerprint density at radius 3 is 2.47 bits per heavy atom. The lowest BCUT2D eigenvalue weighted by Crippen LogP contribution is -2.37. The highest BCUT2D eigenvalue weighted by molar-refractivity contribution is 7.89. The van der Waals surface area contributed by atoms with Crippen molar-refractivity contribution in [2.75, 3.05) is 18.9 Å². The summed E-state index contributed by atoms with van der Waals surface area (Å²) in [6.07, 6.45) is -2.14. The number of aliphatic carboxylic acids is 1. The molecule has 0 amide bonds. The van der Waals surface area contributed by atoms with E-state index in [9.17, 15) is 18.0 Å². The highest BCUT2D eigenvalue weighted by Gasteiger charge is 2.18. The summed E-state index contributed by atoms with van der Waals surface area (Å²) in [4.78, 5) is 21.1. The Bertz CT molecular complexity index is 364. The molecular formula is C8H15NO7S. The van der Waals surface area contributed by atoms with Crippen LogP contribution in [-0.4, -0.2) is 55.6 Å². The number of carboxylic acid groups (broad SMARTS) is 1. The Hall–Kier alpha value is -1.19. The van der Waals surface area contributed by atoms with Gasteiger partial charge in [0.15, 0.2) is 6.10 Å². The number of esters is 1. The molecule has 0 saturated carbocycles. The van der Waals surface area contributed by atoms with Crippen molar-refractivity contribution >= 4 is 22.0 Å². The van der Waals surface area contributed by atoms with Crippen LogP contribution in [0.4, 0.5) is 0 Å². The minimum Gasteiger partial charge on any atom is -0.479 e. The van der Waals surface area contributed by atoms with Gasteiger partial charge in [-0.15, -0.1) is 0 Å². The molecule has 9 heteroatoms. The van der Waals surface area contributed by atoms with Crippen LogP contribution in [-0.2, 0) is 24.3 Å². The van der Waals surface area contributed by atoms with Gasteiger partial charge in [0, 0.05) is 6.54 Å². The molecule has 0 fully saturated rings. The third-order valence-electron chi connectivity index (χ3n) is 1.66. The third kappa shape index (κ3) is 7.66. The van der Waals surface area contributed by atoms with Gasteiger partial charge in [0.2, 0.25) is 10.0 Å². The maximum absolute atomic E-state index is 11.2. The van der Waals surface area contributed by atoms with Gasteiger partial charge in [-0.25, -0.2) is 17.9 Å². The van der Waals surface area contributed by atoms with Crippen molar-refractivity contribution in [3.8, 4) is 0 Å². The van der Waals surface area contributed by atoms with Gasteiger partial charge in [-0.05, 0) is 6.92 Å². The van der Waals surface area contributed by atoms with E-state index in [1.54, 1.807) is 6.92 Å². The Morgan fingerprint density at radius 1 is 1.41 bits per heavy atom. The van der Waals surface area contributed by atoms with E-state index in [4.69, 9.17) is 10.2 Å². The Labute approximate surface area is 98.6 Å². The fourth-order valence-electron chi connectivity index (χ4n) is 0.816. The van der Waals surface area contributed by atoms with Gasteiger partial charge in [-0.2, -0.15) is 0 Å². The summed E-state index contributed by atoms with van der Waals surface area (Å²) in [5.41, 5.74) is 0. The van der Waals surface area contributed by atoms with Crippen molar-refractivity contribution in [3.63, 3.8) is 0 Å². The molecule has 0 rings (SSSR count). The molecule has 0 aliphatic heterocycles. The Kier molecular flexibility index (Phi) is 6.69. The van der Waals surface area contributed by atoms with E-state index < -0.39 is 40.4 Å². The topological polar surface area (TPSA) is 130 Å². The number of carbonyl (C=O) groups excluding carboxylic acids is 1. The molecule has 0 aromatic rings. The van der Waals surface area contributed by atoms with Gasteiger partial charge in [0.25, 0.3) is 0 Å². The van der Waals surface area contributed by atoms with Gasteiger partial charge in [-0.1, -0.05) is 0 Å². The summed E-state index contributed by atoms with van der Waals surface area (Å²) in [6, 6.07) is 0. The van der Waals surface area contributed by atoms with Gasteiger partial charge in [0.05, 0.1) is 18.8 Å². The molecule has 0 aromatic heterocycles. The maximum Gasteiger partial charge on any atom is 0.333 e. The van der Waals surface area contributed by atoms with Gasteiger partial charge in [-0.3, -0.25) is 4.79 Å². The number of hydrogen-bond donors (Lipinski definition) is 3. The maximum atomic E-state index is 11.2. The molecule has 8 nitrogen and oxygen atoms in total. The van der Waals surface area contributed by atoms with Crippen molar-refractivity contribution in [3.05, 3.63) is 0 Å². The molecule has 0 aliphatic rings. The predicted octanol–water partition coefficient (Wildman–Crippen LogP) is -1.70. The molecule has 0 saturated heterocycles. The zero-order chi connectivity index (χ0) is 13.5. The molecule has 17 heavy (non-hydrogen) atoms. The van der Waals surface area contributed by atoms with Crippen molar-refractivity contribution in [2.45, 2.75) is 19.4 Å². The first kappa shape index (κ1) is 15.8. The largest absolute Gasteiger partial charge is 0.479 e. The molecular weight excluding hydrogens is 254 g/mol. The van der Waals surface area contributed by atoms with Crippen LogP contribution in [0.25, 0.3) is 0 Å². The van der Waals surface area contributed by atoms with Crippen LogP contribution in [0.1, 0.15) is 13.3 Å². The average molecular weight is 269 g/mol. The lowest BCUT2D eigenvalue weighted by molar-refractivity contribution is -0.146. The number of sulfonamides is 1. The smallest absolute Gasteiger partial charge is 0.333 e. The number of ether oxygens (including phenoxy) is 1. The second-order valence-corrected chi connectivity index (χ2v) is 5.00. The van der Waals surface area contributed by atoms with Gasteiger partial charge < -0.3 is 14.9 Å². The average Bonchev–Trinajstić information content (AvgIpc) is 2.24. The third-order valence-corrected chi connectivity index (χ3v) is 3.01. The SMILES string of the molecule is CCOC(=O)CCS(=O)(=O)NCC(O)C(=O)O. The van der Waals surface area contributed by atoms with Crippen molar-refractivity contribution in [1.82, 2.24) is 4.72 Å². The van der Waals surface area contributed by atoms with E-state index in [0.29, 0.717) is 0 Å². The normalized spacial score (nSPS) is 13.1. The van der Waals surface area contributed by atoms with Crippen LogP contribution in [0.5, 0.6) is 0 Å². The molecule has 0 heterocycles. The van der Waals surface area contributed by atoms with E-state index in [2.05, 4.69) is 4.74 Å². The second-order valence-electron chi connectivity index (χ2n) is 3.08. The van der Waals surface area contributed by atoms with E-state index >= 15 is 0 Å². The minimum atomic E-state index is -3.80. The molecule has 0 aliphatic carbocycles. The monoisotopic (exact) mass is 269 g/mol. The zero-order valence-electron chi connectivity index (χ0n) is 9.25. The number of carbonyl (C=O) groups is 2. The van der Waals surface area contributed by atoms with Crippen molar-refractivity contribution in [1.29, 1.82) is 0 Å².